The van der Waals surface area contributed by atoms with Gasteiger partial charge in [0, 0.05) is 13.1 Å². The van der Waals surface area contributed by atoms with E-state index in [1.165, 1.54) is 5.56 Å². The summed E-state index contributed by atoms with van der Waals surface area (Å²) in [6.07, 6.45) is 3.07. The quantitative estimate of drug-likeness (QED) is 0.879. The van der Waals surface area contributed by atoms with Gasteiger partial charge in [-0.25, -0.2) is 0 Å². The number of ether oxygens (including phenoxy) is 1. The highest BCUT2D eigenvalue weighted by Gasteiger charge is 2.22. The third kappa shape index (κ3) is 4.23. The molecule has 1 amide bonds. The Kier molecular flexibility index (Phi) is 6.25. The largest absolute Gasteiger partial charge is 0.483 e. The second kappa shape index (κ2) is 8.18. The van der Waals surface area contributed by atoms with Crippen LogP contribution in [0.5, 0.6) is 5.75 Å². The molecule has 122 valence electrons. The third-order valence-electron chi connectivity index (χ3n) is 4.71. The number of carbonyl (C=O) groups excluding carboxylic acids is 1. The Morgan fingerprint density at radius 2 is 2.05 bits per heavy atom. The first kappa shape index (κ1) is 16.8. The topological polar surface area (TPSA) is 55.6 Å². The first-order valence-corrected chi connectivity index (χ1v) is 8.35. The molecule has 2 N–H and O–H groups in total. The van der Waals surface area contributed by atoms with E-state index in [4.69, 9.17) is 10.5 Å². The number of benzene rings is 1. The van der Waals surface area contributed by atoms with Gasteiger partial charge < -0.3 is 15.4 Å². The summed E-state index contributed by atoms with van der Waals surface area (Å²) in [6, 6.07) is 8.02. The monoisotopic (exact) mass is 304 g/mol. The molecule has 1 aliphatic heterocycles. The van der Waals surface area contributed by atoms with Crippen LogP contribution in [0.4, 0.5) is 0 Å². The summed E-state index contributed by atoms with van der Waals surface area (Å²) in [5.41, 5.74) is 6.87. The lowest BCUT2D eigenvalue weighted by Gasteiger charge is -2.31. The zero-order chi connectivity index (χ0) is 15.9. The standard InChI is InChI=1S/C18H28N2O2/c1-3-14(2)16-6-4-5-7-17(16)22-13-18(21)20-10-8-15(12-19)9-11-20/h4-7,14-15H,3,8-13,19H2,1-2H3. The molecule has 0 bridgehead atoms. The SMILES string of the molecule is CCC(C)c1ccccc1OCC(=O)N1CCC(CN)CC1. The van der Waals surface area contributed by atoms with Crippen molar-refractivity contribution in [2.24, 2.45) is 11.7 Å². The highest BCUT2D eigenvalue weighted by atomic mass is 16.5. The molecule has 0 saturated carbocycles. The van der Waals surface area contributed by atoms with Crippen LogP contribution in [0.2, 0.25) is 0 Å². The molecular formula is C18H28N2O2. The van der Waals surface area contributed by atoms with E-state index in [0.29, 0.717) is 11.8 Å². The Hall–Kier alpha value is -1.55. The third-order valence-corrected chi connectivity index (χ3v) is 4.71. The summed E-state index contributed by atoms with van der Waals surface area (Å²) in [7, 11) is 0. The predicted octanol–water partition coefficient (Wildman–Crippen LogP) is 2.78. The van der Waals surface area contributed by atoms with Crippen molar-refractivity contribution >= 4 is 5.91 Å². The number of rotatable bonds is 6. The van der Waals surface area contributed by atoms with E-state index >= 15 is 0 Å². The number of hydrogen-bond acceptors (Lipinski definition) is 3. The van der Waals surface area contributed by atoms with Crippen LogP contribution >= 0.6 is 0 Å². The van der Waals surface area contributed by atoms with Crippen LogP contribution in [0, 0.1) is 5.92 Å². The second-order valence-electron chi connectivity index (χ2n) is 6.20. The number of hydrogen-bond donors (Lipinski definition) is 1. The van der Waals surface area contributed by atoms with Crippen LogP contribution in [0.3, 0.4) is 0 Å². The zero-order valence-corrected chi connectivity index (χ0v) is 13.8. The van der Waals surface area contributed by atoms with Gasteiger partial charge in [0.15, 0.2) is 6.61 Å². The van der Waals surface area contributed by atoms with Crippen molar-refractivity contribution in [3.8, 4) is 5.75 Å². The van der Waals surface area contributed by atoms with Gasteiger partial charge >= 0.3 is 0 Å². The Labute approximate surface area is 133 Å². The number of carbonyl (C=O) groups is 1. The maximum absolute atomic E-state index is 12.3. The molecule has 1 aromatic rings. The van der Waals surface area contributed by atoms with E-state index in [1.54, 1.807) is 0 Å². The van der Waals surface area contributed by atoms with E-state index < -0.39 is 0 Å². The lowest BCUT2D eigenvalue weighted by Crippen LogP contribution is -2.42. The molecule has 1 fully saturated rings. The molecule has 1 atom stereocenters. The average Bonchev–Trinajstić information content (AvgIpc) is 2.59. The van der Waals surface area contributed by atoms with Crippen molar-refractivity contribution in [1.82, 2.24) is 4.90 Å². The molecule has 22 heavy (non-hydrogen) atoms. The summed E-state index contributed by atoms with van der Waals surface area (Å²) in [6.45, 7) is 6.80. The van der Waals surface area contributed by atoms with Gasteiger partial charge in [0.05, 0.1) is 0 Å². The smallest absolute Gasteiger partial charge is 0.260 e. The maximum Gasteiger partial charge on any atom is 0.260 e. The van der Waals surface area contributed by atoms with E-state index in [9.17, 15) is 4.79 Å². The van der Waals surface area contributed by atoms with E-state index in [0.717, 1.165) is 44.6 Å². The maximum atomic E-state index is 12.3. The molecule has 0 aromatic heterocycles. The van der Waals surface area contributed by atoms with Gasteiger partial charge in [-0.3, -0.25) is 4.79 Å². The number of piperidine rings is 1. The van der Waals surface area contributed by atoms with Gasteiger partial charge in [-0.2, -0.15) is 0 Å². The lowest BCUT2D eigenvalue weighted by atomic mass is 9.97. The van der Waals surface area contributed by atoms with Crippen LogP contribution in [-0.4, -0.2) is 37.0 Å². The van der Waals surface area contributed by atoms with Crippen molar-refractivity contribution < 1.29 is 9.53 Å². The highest BCUT2D eigenvalue weighted by molar-refractivity contribution is 5.77. The number of nitrogens with zero attached hydrogens (tertiary/aromatic N) is 1. The molecule has 0 spiro atoms. The Balaban J connectivity index is 1.89. The Morgan fingerprint density at radius 1 is 1.36 bits per heavy atom. The first-order valence-electron chi connectivity index (χ1n) is 8.35. The molecule has 1 unspecified atom stereocenters. The van der Waals surface area contributed by atoms with Crippen molar-refractivity contribution in [2.75, 3.05) is 26.2 Å². The zero-order valence-electron chi connectivity index (χ0n) is 13.8. The molecule has 1 aliphatic rings. The first-order chi connectivity index (χ1) is 10.7. The fraction of sp³-hybridized carbons (Fsp3) is 0.611. The van der Waals surface area contributed by atoms with E-state index in [-0.39, 0.29) is 12.5 Å². The fourth-order valence-corrected chi connectivity index (χ4v) is 2.89. The van der Waals surface area contributed by atoms with Crippen molar-refractivity contribution in [3.05, 3.63) is 29.8 Å². The van der Waals surface area contributed by atoms with Crippen LogP contribution in [0.1, 0.15) is 44.6 Å². The normalized spacial score (nSPS) is 17.3. The van der Waals surface area contributed by atoms with Gasteiger partial charge in [0.1, 0.15) is 5.75 Å². The van der Waals surface area contributed by atoms with E-state index in [2.05, 4.69) is 19.9 Å². The minimum Gasteiger partial charge on any atom is -0.483 e. The van der Waals surface area contributed by atoms with Gasteiger partial charge in [-0.1, -0.05) is 32.0 Å². The van der Waals surface area contributed by atoms with Gasteiger partial charge in [0.25, 0.3) is 5.91 Å². The molecule has 1 aromatic carbocycles. The van der Waals surface area contributed by atoms with Crippen molar-refractivity contribution in [1.29, 1.82) is 0 Å². The molecule has 2 rings (SSSR count). The molecule has 1 heterocycles. The second-order valence-corrected chi connectivity index (χ2v) is 6.20. The highest BCUT2D eigenvalue weighted by Crippen LogP contribution is 2.28. The summed E-state index contributed by atoms with van der Waals surface area (Å²) in [4.78, 5) is 14.2. The Bertz CT molecular complexity index is 482. The average molecular weight is 304 g/mol. The molecule has 4 nitrogen and oxygen atoms in total. The van der Waals surface area contributed by atoms with Gasteiger partial charge in [-0.05, 0) is 49.3 Å². The number of likely N-dealkylation sites (tertiary alicyclic amines) is 1. The number of nitrogens with two attached hydrogens (primary N) is 1. The minimum absolute atomic E-state index is 0.0782. The summed E-state index contributed by atoms with van der Waals surface area (Å²) >= 11 is 0. The number of amides is 1. The molecule has 0 radical (unpaired) electrons. The number of para-hydroxylation sites is 1. The van der Waals surface area contributed by atoms with Crippen LogP contribution in [0.15, 0.2) is 24.3 Å². The molecule has 4 heteroatoms. The van der Waals surface area contributed by atoms with Crippen LogP contribution < -0.4 is 10.5 Å². The molecule has 0 aliphatic carbocycles. The van der Waals surface area contributed by atoms with Crippen molar-refractivity contribution in [3.63, 3.8) is 0 Å². The summed E-state index contributed by atoms with van der Waals surface area (Å²) in [5.74, 6) is 1.92. The minimum atomic E-state index is 0.0782. The summed E-state index contributed by atoms with van der Waals surface area (Å²) < 4.78 is 5.81. The van der Waals surface area contributed by atoms with Crippen LogP contribution in [-0.2, 0) is 4.79 Å². The van der Waals surface area contributed by atoms with E-state index in [1.807, 2.05) is 23.1 Å². The van der Waals surface area contributed by atoms with Crippen LogP contribution in [0.25, 0.3) is 0 Å². The molecular weight excluding hydrogens is 276 g/mol. The summed E-state index contributed by atoms with van der Waals surface area (Å²) in [5, 5.41) is 0. The fourth-order valence-electron chi connectivity index (χ4n) is 2.89. The Morgan fingerprint density at radius 3 is 2.68 bits per heavy atom. The predicted molar refractivity (Wildman–Crippen MR) is 89.0 cm³/mol. The van der Waals surface area contributed by atoms with Gasteiger partial charge in [-0.15, -0.1) is 0 Å². The lowest BCUT2D eigenvalue weighted by molar-refractivity contribution is -0.134. The van der Waals surface area contributed by atoms with Crippen molar-refractivity contribution in [2.45, 2.75) is 39.0 Å². The van der Waals surface area contributed by atoms with Gasteiger partial charge in [0.2, 0.25) is 0 Å². The molecule has 1 saturated heterocycles.